The predicted molar refractivity (Wildman–Crippen MR) is 250 cm³/mol. The zero-order chi connectivity index (χ0) is 42.4. The number of hydrogen-bond acceptors (Lipinski definition) is 5. The van der Waals surface area contributed by atoms with E-state index in [1.54, 1.807) is 0 Å². The zero-order valence-corrected chi connectivity index (χ0v) is 37.6. The van der Waals surface area contributed by atoms with Gasteiger partial charge < -0.3 is 20.3 Å². The van der Waals surface area contributed by atoms with E-state index in [1.807, 2.05) is 18.2 Å². The molecule has 0 spiro atoms. The molecule has 1 amide bonds. The van der Waals surface area contributed by atoms with Gasteiger partial charge in [0.05, 0.1) is 25.2 Å². The molecule has 0 saturated carbocycles. The van der Waals surface area contributed by atoms with E-state index in [-0.39, 0.29) is 24.9 Å². The lowest BCUT2D eigenvalue weighted by atomic mass is 10.0. The van der Waals surface area contributed by atoms with Crippen LogP contribution in [0.5, 0.6) is 0 Å². The highest BCUT2D eigenvalue weighted by Crippen LogP contribution is 2.16. The van der Waals surface area contributed by atoms with E-state index >= 15 is 0 Å². The van der Waals surface area contributed by atoms with E-state index in [9.17, 15) is 19.8 Å². The van der Waals surface area contributed by atoms with Gasteiger partial charge >= 0.3 is 5.97 Å². The molecule has 6 heteroatoms. The van der Waals surface area contributed by atoms with Gasteiger partial charge in [-0.1, -0.05) is 196 Å². The van der Waals surface area contributed by atoms with E-state index in [1.165, 1.54) is 64.2 Å². The second-order valence-corrected chi connectivity index (χ2v) is 15.9. The Bertz CT molecular complexity index is 1130. The molecular formula is C52H89NO5. The quantitative estimate of drug-likeness (QED) is 0.0247. The fourth-order valence-corrected chi connectivity index (χ4v) is 6.68. The van der Waals surface area contributed by atoms with Crippen molar-refractivity contribution in [2.45, 2.75) is 225 Å². The normalized spacial score (nSPS) is 14.1. The molecule has 0 radical (unpaired) electrons. The largest absolute Gasteiger partial charge is 0.462 e. The first-order valence-corrected chi connectivity index (χ1v) is 23.9. The first-order chi connectivity index (χ1) is 28.5. The minimum absolute atomic E-state index is 0.0373. The first-order valence-electron chi connectivity index (χ1n) is 23.9. The maximum Gasteiger partial charge on any atom is 0.306 e. The van der Waals surface area contributed by atoms with E-state index in [2.05, 4.69) is 92.9 Å². The van der Waals surface area contributed by atoms with Crippen LogP contribution in [-0.4, -0.2) is 46.9 Å². The highest BCUT2D eigenvalue weighted by molar-refractivity contribution is 5.77. The molecule has 0 fully saturated rings. The second-order valence-electron chi connectivity index (χ2n) is 15.9. The Kier molecular flexibility index (Phi) is 42.8. The zero-order valence-electron chi connectivity index (χ0n) is 37.6. The standard InChI is InChI=1S/C52H89NO5/c1-4-7-10-13-16-19-21-23-25-27-29-32-34-37-40-43-48(46-51(56)53-49(47-54)50(55)44-41-38-35-31-18-15-12-9-6-3)58-52(57)45-42-39-36-33-30-28-26-24-22-20-17-14-11-8-5-2/h8,11,14,16-17,19-20,22-26,29,32,48-50,54-55H,4-7,9-10,12-13,15,18,21,27-28,30-31,33-47H2,1-3H3,(H,53,56)/b11-8+,17-14+,19-16-,22-20+,25-23-,26-24-,32-29-. The van der Waals surface area contributed by atoms with Gasteiger partial charge in [-0.2, -0.15) is 0 Å². The molecule has 0 aliphatic rings. The van der Waals surface area contributed by atoms with Gasteiger partial charge in [0, 0.05) is 6.42 Å². The number of aliphatic hydroxyl groups excluding tert-OH is 2. The van der Waals surface area contributed by atoms with Crippen LogP contribution in [0.2, 0.25) is 0 Å². The van der Waals surface area contributed by atoms with Gasteiger partial charge in [-0.3, -0.25) is 9.59 Å². The van der Waals surface area contributed by atoms with Crippen LogP contribution in [0.25, 0.3) is 0 Å². The summed E-state index contributed by atoms with van der Waals surface area (Å²) in [5.41, 5.74) is 0. The van der Waals surface area contributed by atoms with Crippen LogP contribution in [0.15, 0.2) is 85.1 Å². The van der Waals surface area contributed by atoms with Gasteiger partial charge in [0.2, 0.25) is 5.91 Å². The SMILES string of the molecule is CC/C=C/C=C/C=C/C=C\CCCCCCCC(=O)OC(CCCC/C=C\C/C=C\C/C=C\CCCCC)CC(=O)NC(CO)C(O)CCCCCCCCCCC. The lowest BCUT2D eigenvalue weighted by molar-refractivity contribution is -0.151. The van der Waals surface area contributed by atoms with Crippen molar-refractivity contribution in [2.24, 2.45) is 0 Å². The molecule has 0 rings (SSSR count). The lowest BCUT2D eigenvalue weighted by Crippen LogP contribution is -2.46. The van der Waals surface area contributed by atoms with Crippen molar-refractivity contribution in [1.29, 1.82) is 0 Å². The number of carbonyl (C=O) groups excluding carboxylic acids is 2. The number of esters is 1. The van der Waals surface area contributed by atoms with Crippen LogP contribution in [0, 0.1) is 0 Å². The number of amides is 1. The van der Waals surface area contributed by atoms with Crippen molar-refractivity contribution < 1.29 is 24.5 Å². The molecule has 0 aliphatic carbocycles. The lowest BCUT2D eigenvalue weighted by Gasteiger charge is -2.24. The molecule has 0 saturated heterocycles. The molecule has 0 aromatic carbocycles. The summed E-state index contributed by atoms with van der Waals surface area (Å²) >= 11 is 0. The summed E-state index contributed by atoms with van der Waals surface area (Å²) in [6.07, 6.45) is 57.8. The number of unbranched alkanes of at least 4 members (excludes halogenated alkanes) is 18. The third-order valence-corrected chi connectivity index (χ3v) is 10.3. The second kappa shape index (κ2) is 45.1. The van der Waals surface area contributed by atoms with E-state index in [4.69, 9.17) is 4.74 Å². The minimum Gasteiger partial charge on any atom is -0.462 e. The van der Waals surface area contributed by atoms with Crippen molar-refractivity contribution in [3.63, 3.8) is 0 Å². The summed E-state index contributed by atoms with van der Waals surface area (Å²) in [5.74, 6) is -0.547. The van der Waals surface area contributed by atoms with Crippen molar-refractivity contribution in [3.05, 3.63) is 85.1 Å². The molecule has 3 unspecified atom stereocenters. The molecule has 6 nitrogen and oxygen atoms in total. The molecular weight excluding hydrogens is 719 g/mol. The molecule has 0 aromatic rings. The Morgan fingerprint density at radius 1 is 0.534 bits per heavy atom. The van der Waals surface area contributed by atoms with E-state index in [0.29, 0.717) is 19.3 Å². The summed E-state index contributed by atoms with van der Waals surface area (Å²) in [4.78, 5) is 26.0. The maximum atomic E-state index is 13.1. The van der Waals surface area contributed by atoms with Gasteiger partial charge in [0.1, 0.15) is 6.10 Å². The van der Waals surface area contributed by atoms with Crippen molar-refractivity contribution in [3.8, 4) is 0 Å². The monoisotopic (exact) mass is 808 g/mol. The molecule has 3 atom stereocenters. The molecule has 58 heavy (non-hydrogen) atoms. The molecule has 332 valence electrons. The fourth-order valence-electron chi connectivity index (χ4n) is 6.68. The maximum absolute atomic E-state index is 13.1. The molecule has 3 N–H and O–H groups in total. The summed E-state index contributed by atoms with van der Waals surface area (Å²) < 4.78 is 5.89. The average molecular weight is 808 g/mol. The Labute approximate surface area is 357 Å². The highest BCUT2D eigenvalue weighted by atomic mass is 16.5. The van der Waals surface area contributed by atoms with E-state index in [0.717, 1.165) is 96.3 Å². The molecule has 0 aromatic heterocycles. The number of carbonyl (C=O) groups is 2. The van der Waals surface area contributed by atoms with Crippen LogP contribution < -0.4 is 5.32 Å². The number of ether oxygens (including phenoxy) is 1. The van der Waals surface area contributed by atoms with Gasteiger partial charge in [0.15, 0.2) is 0 Å². The fraction of sp³-hybridized carbons (Fsp3) is 0.692. The van der Waals surface area contributed by atoms with Crippen LogP contribution >= 0.6 is 0 Å². The van der Waals surface area contributed by atoms with Gasteiger partial charge in [0.25, 0.3) is 0 Å². The predicted octanol–water partition coefficient (Wildman–Crippen LogP) is 14.0. The Morgan fingerprint density at radius 3 is 1.62 bits per heavy atom. The van der Waals surface area contributed by atoms with Gasteiger partial charge in [-0.15, -0.1) is 0 Å². The number of hydrogen-bond donors (Lipinski definition) is 3. The third kappa shape index (κ3) is 39.8. The highest BCUT2D eigenvalue weighted by Gasteiger charge is 2.24. The number of aliphatic hydroxyl groups is 2. The van der Waals surface area contributed by atoms with Gasteiger partial charge in [-0.25, -0.2) is 0 Å². The van der Waals surface area contributed by atoms with Crippen LogP contribution in [0.4, 0.5) is 0 Å². The van der Waals surface area contributed by atoms with E-state index < -0.39 is 18.2 Å². The van der Waals surface area contributed by atoms with Crippen molar-refractivity contribution in [2.75, 3.05) is 6.61 Å². The summed E-state index contributed by atoms with van der Waals surface area (Å²) in [6, 6.07) is -0.721. The molecule has 0 bridgehead atoms. The van der Waals surface area contributed by atoms with Crippen LogP contribution in [0.1, 0.15) is 207 Å². The Hall–Kier alpha value is -2.96. The topological polar surface area (TPSA) is 95.9 Å². The first kappa shape index (κ1) is 55.0. The Balaban J connectivity index is 4.74. The summed E-state index contributed by atoms with van der Waals surface area (Å²) in [5, 5.41) is 23.6. The van der Waals surface area contributed by atoms with Crippen LogP contribution in [0.3, 0.4) is 0 Å². The number of allylic oxidation sites excluding steroid dienone is 14. The number of rotatable bonds is 41. The molecule has 0 aliphatic heterocycles. The van der Waals surface area contributed by atoms with Crippen molar-refractivity contribution in [1.82, 2.24) is 5.32 Å². The minimum atomic E-state index is -0.804. The average Bonchev–Trinajstić information content (AvgIpc) is 3.22. The number of nitrogens with one attached hydrogen (secondary N) is 1. The van der Waals surface area contributed by atoms with Gasteiger partial charge in [-0.05, 0) is 83.5 Å². The smallest absolute Gasteiger partial charge is 0.306 e. The van der Waals surface area contributed by atoms with Crippen molar-refractivity contribution >= 4 is 11.9 Å². The summed E-state index contributed by atoms with van der Waals surface area (Å²) in [7, 11) is 0. The summed E-state index contributed by atoms with van der Waals surface area (Å²) in [6.45, 7) is 6.26. The van der Waals surface area contributed by atoms with Crippen LogP contribution in [-0.2, 0) is 14.3 Å². The Morgan fingerprint density at radius 2 is 1.00 bits per heavy atom. The third-order valence-electron chi connectivity index (χ3n) is 10.3. The molecule has 0 heterocycles.